The molecular formula is C14H18N2O3S. The predicted octanol–water partition coefficient (Wildman–Crippen LogP) is 2.74. The molecule has 0 radical (unpaired) electrons. The first-order valence-corrected chi connectivity index (χ1v) is 7.72. The Morgan fingerprint density at radius 3 is 3.00 bits per heavy atom. The lowest BCUT2D eigenvalue weighted by Crippen LogP contribution is -2.33. The Labute approximate surface area is 122 Å². The van der Waals surface area contributed by atoms with Crippen LogP contribution in [0.3, 0.4) is 0 Å². The molecule has 1 fully saturated rings. The van der Waals surface area contributed by atoms with Gasteiger partial charge in [0.2, 0.25) is 0 Å². The number of thioether (sulfide) groups is 1. The summed E-state index contributed by atoms with van der Waals surface area (Å²) in [4.78, 5) is 25.5. The third-order valence-electron chi connectivity index (χ3n) is 3.36. The number of nitrogens with zero attached hydrogens (tertiary/aromatic N) is 1. The first-order valence-electron chi connectivity index (χ1n) is 6.50. The second kappa shape index (κ2) is 6.65. The maximum Gasteiger partial charge on any atom is 0.321 e. The molecule has 2 N–H and O–H groups in total. The number of benzene rings is 1. The van der Waals surface area contributed by atoms with Gasteiger partial charge in [0.25, 0.3) is 0 Å². The molecule has 2 rings (SSSR count). The SMILES string of the molecule is CSc1cccc(NC(=O)N2CCC(CC(=O)O)C2)c1. The molecule has 1 aliphatic heterocycles. The lowest BCUT2D eigenvalue weighted by atomic mass is 10.1. The number of nitrogens with one attached hydrogen (secondary N) is 1. The highest BCUT2D eigenvalue weighted by atomic mass is 32.2. The third-order valence-corrected chi connectivity index (χ3v) is 4.08. The quantitative estimate of drug-likeness (QED) is 0.838. The molecule has 0 saturated carbocycles. The molecule has 5 nitrogen and oxygen atoms in total. The Kier molecular flexibility index (Phi) is 4.89. The molecule has 1 aromatic carbocycles. The molecule has 1 atom stereocenters. The van der Waals surface area contributed by atoms with E-state index in [1.807, 2.05) is 30.5 Å². The van der Waals surface area contributed by atoms with Gasteiger partial charge in [0, 0.05) is 30.1 Å². The molecule has 1 unspecified atom stereocenters. The van der Waals surface area contributed by atoms with Gasteiger partial charge in [0.05, 0.1) is 0 Å². The van der Waals surface area contributed by atoms with Gasteiger partial charge in [-0.1, -0.05) is 6.07 Å². The summed E-state index contributed by atoms with van der Waals surface area (Å²) in [5.74, 6) is -0.735. The highest BCUT2D eigenvalue weighted by molar-refractivity contribution is 7.98. The van der Waals surface area contributed by atoms with Gasteiger partial charge in [-0.05, 0) is 36.8 Å². The smallest absolute Gasteiger partial charge is 0.321 e. The van der Waals surface area contributed by atoms with Crippen LogP contribution in [-0.4, -0.2) is 41.4 Å². The lowest BCUT2D eigenvalue weighted by molar-refractivity contribution is -0.138. The van der Waals surface area contributed by atoms with Crippen molar-refractivity contribution in [2.75, 3.05) is 24.7 Å². The molecule has 1 heterocycles. The number of likely N-dealkylation sites (tertiary alicyclic amines) is 1. The molecule has 2 amide bonds. The minimum Gasteiger partial charge on any atom is -0.481 e. The number of carboxylic acids is 1. The topological polar surface area (TPSA) is 69.6 Å². The number of hydrogen-bond acceptors (Lipinski definition) is 3. The number of carboxylic acid groups (broad SMARTS) is 1. The van der Waals surface area contributed by atoms with Gasteiger partial charge in [-0.3, -0.25) is 4.79 Å². The number of carbonyl (C=O) groups is 2. The summed E-state index contributed by atoms with van der Waals surface area (Å²) in [6.45, 7) is 1.13. The number of hydrogen-bond donors (Lipinski definition) is 2. The summed E-state index contributed by atoms with van der Waals surface area (Å²) in [6.07, 6.45) is 2.87. The first kappa shape index (κ1) is 14.7. The van der Waals surface area contributed by atoms with Crippen molar-refractivity contribution < 1.29 is 14.7 Å². The van der Waals surface area contributed by atoms with Crippen LogP contribution in [0.1, 0.15) is 12.8 Å². The number of aliphatic carboxylic acids is 1. The van der Waals surface area contributed by atoms with Crippen molar-refractivity contribution >= 4 is 29.4 Å². The van der Waals surface area contributed by atoms with E-state index in [2.05, 4.69) is 5.32 Å². The standard InChI is InChI=1S/C14H18N2O3S/c1-20-12-4-2-3-11(8-12)15-14(19)16-6-5-10(9-16)7-13(17)18/h2-4,8,10H,5-7,9H2,1H3,(H,15,19)(H,17,18). The first-order chi connectivity index (χ1) is 9.58. The maximum atomic E-state index is 12.1. The average molecular weight is 294 g/mol. The molecule has 1 saturated heterocycles. The van der Waals surface area contributed by atoms with Gasteiger partial charge >= 0.3 is 12.0 Å². The molecule has 0 bridgehead atoms. The molecule has 6 heteroatoms. The van der Waals surface area contributed by atoms with Crippen LogP contribution in [0.15, 0.2) is 29.2 Å². The van der Waals surface area contributed by atoms with Crippen LogP contribution >= 0.6 is 11.8 Å². The fraction of sp³-hybridized carbons (Fsp3) is 0.429. The zero-order valence-electron chi connectivity index (χ0n) is 11.3. The summed E-state index contributed by atoms with van der Waals surface area (Å²) in [6, 6.07) is 7.50. The van der Waals surface area contributed by atoms with Gasteiger partial charge in [-0.15, -0.1) is 11.8 Å². The highest BCUT2D eigenvalue weighted by Crippen LogP contribution is 2.22. The lowest BCUT2D eigenvalue weighted by Gasteiger charge is -2.17. The van der Waals surface area contributed by atoms with Crippen molar-refractivity contribution in [3.8, 4) is 0 Å². The summed E-state index contributed by atoms with van der Waals surface area (Å²) in [5, 5.41) is 11.6. The molecule has 0 spiro atoms. The van der Waals surface area contributed by atoms with Crippen molar-refractivity contribution in [1.82, 2.24) is 4.90 Å². The normalized spacial score (nSPS) is 18.1. The highest BCUT2D eigenvalue weighted by Gasteiger charge is 2.27. The Morgan fingerprint density at radius 1 is 1.50 bits per heavy atom. The minimum absolute atomic E-state index is 0.0655. The fourth-order valence-corrected chi connectivity index (χ4v) is 2.79. The molecular weight excluding hydrogens is 276 g/mol. The van der Waals surface area contributed by atoms with Crippen molar-refractivity contribution in [3.63, 3.8) is 0 Å². The maximum absolute atomic E-state index is 12.1. The van der Waals surface area contributed by atoms with E-state index in [-0.39, 0.29) is 18.4 Å². The van der Waals surface area contributed by atoms with E-state index >= 15 is 0 Å². The van der Waals surface area contributed by atoms with Crippen molar-refractivity contribution in [3.05, 3.63) is 24.3 Å². The van der Waals surface area contributed by atoms with Crippen molar-refractivity contribution in [2.24, 2.45) is 5.92 Å². The Balaban J connectivity index is 1.90. The van der Waals surface area contributed by atoms with E-state index in [1.54, 1.807) is 16.7 Å². The van der Waals surface area contributed by atoms with Gasteiger partial charge in [0.1, 0.15) is 0 Å². The van der Waals surface area contributed by atoms with E-state index in [1.165, 1.54) is 0 Å². The van der Waals surface area contributed by atoms with Crippen LogP contribution in [-0.2, 0) is 4.79 Å². The van der Waals surface area contributed by atoms with Gasteiger partial charge in [0.15, 0.2) is 0 Å². The predicted molar refractivity (Wildman–Crippen MR) is 79.2 cm³/mol. The third kappa shape index (κ3) is 3.90. The number of urea groups is 1. The van der Waals surface area contributed by atoms with E-state index < -0.39 is 5.97 Å². The molecule has 1 aliphatic rings. The molecule has 0 aromatic heterocycles. The van der Waals surface area contributed by atoms with Crippen LogP contribution in [0.5, 0.6) is 0 Å². The Bertz CT molecular complexity index is 507. The van der Waals surface area contributed by atoms with Gasteiger partial charge in [-0.2, -0.15) is 0 Å². The largest absolute Gasteiger partial charge is 0.481 e. The molecule has 108 valence electrons. The molecule has 0 aliphatic carbocycles. The van der Waals surface area contributed by atoms with Gasteiger partial charge < -0.3 is 15.3 Å². The number of anilines is 1. The molecule has 20 heavy (non-hydrogen) atoms. The van der Waals surface area contributed by atoms with Crippen LogP contribution in [0.4, 0.5) is 10.5 Å². The Hall–Kier alpha value is -1.69. The second-order valence-electron chi connectivity index (χ2n) is 4.86. The van der Waals surface area contributed by atoms with E-state index in [4.69, 9.17) is 5.11 Å². The van der Waals surface area contributed by atoms with E-state index in [9.17, 15) is 9.59 Å². The zero-order chi connectivity index (χ0) is 14.5. The number of amides is 2. The monoisotopic (exact) mass is 294 g/mol. The summed E-state index contributed by atoms with van der Waals surface area (Å²) in [5.41, 5.74) is 0.767. The van der Waals surface area contributed by atoms with Crippen molar-refractivity contribution in [2.45, 2.75) is 17.7 Å². The number of rotatable bonds is 4. The van der Waals surface area contributed by atoms with Crippen LogP contribution in [0, 0.1) is 5.92 Å². The van der Waals surface area contributed by atoms with Gasteiger partial charge in [-0.25, -0.2) is 4.79 Å². The fourth-order valence-electron chi connectivity index (χ4n) is 2.33. The number of carbonyl (C=O) groups excluding carboxylic acids is 1. The Morgan fingerprint density at radius 2 is 2.30 bits per heavy atom. The molecule has 1 aromatic rings. The summed E-state index contributed by atoms with van der Waals surface area (Å²) in [7, 11) is 0. The van der Waals surface area contributed by atoms with Crippen LogP contribution in [0.25, 0.3) is 0 Å². The summed E-state index contributed by atoms with van der Waals surface area (Å²) < 4.78 is 0. The van der Waals surface area contributed by atoms with Crippen LogP contribution in [0.2, 0.25) is 0 Å². The van der Waals surface area contributed by atoms with E-state index in [0.29, 0.717) is 13.1 Å². The van der Waals surface area contributed by atoms with Crippen molar-refractivity contribution in [1.29, 1.82) is 0 Å². The van der Waals surface area contributed by atoms with E-state index in [0.717, 1.165) is 17.0 Å². The van der Waals surface area contributed by atoms with Crippen LogP contribution < -0.4 is 5.32 Å². The zero-order valence-corrected chi connectivity index (χ0v) is 12.2. The minimum atomic E-state index is -0.801. The average Bonchev–Trinajstić information content (AvgIpc) is 2.86. The second-order valence-corrected chi connectivity index (χ2v) is 5.74. The summed E-state index contributed by atoms with van der Waals surface area (Å²) >= 11 is 1.62.